The highest BCUT2D eigenvalue weighted by molar-refractivity contribution is 7.80. The Morgan fingerprint density at radius 1 is 1.39 bits per heavy atom. The first-order valence-corrected chi connectivity index (χ1v) is 6.29. The van der Waals surface area contributed by atoms with Gasteiger partial charge in [0.2, 0.25) is 0 Å². The molecule has 5 nitrogen and oxygen atoms in total. The summed E-state index contributed by atoms with van der Waals surface area (Å²) in [6, 6.07) is 7.36. The molecule has 0 saturated carbocycles. The highest BCUT2D eigenvalue weighted by Crippen LogP contribution is 2.12. The minimum atomic E-state index is -0.216. The third kappa shape index (κ3) is 3.31. The minimum Gasteiger partial charge on any atom is -0.393 e. The van der Waals surface area contributed by atoms with E-state index in [2.05, 4.69) is 14.9 Å². The SMILES string of the molecule is NC(=S)Cc1ccc(NC(=O)c2cnns2)cc1. The number of aromatic nitrogens is 2. The molecule has 18 heavy (non-hydrogen) atoms. The van der Waals surface area contributed by atoms with Crippen molar-refractivity contribution >= 4 is 40.3 Å². The van der Waals surface area contributed by atoms with Gasteiger partial charge in [-0.2, -0.15) is 0 Å². The first-order valence-electron chi connectivity index (χ1n) is 5.11. The molecule has 92 valence electrons. The Kier molecular flexibility index (Phi) is 3.96. The van der Waals surface area contributed by atoms with Crippen LogP contribution in [0, 0.1) is 0 Å². The Labute approximate surface area is 113 Å². The van der Waals surface area contributed by atoms with Gasteiger partial charge in [0.1, 0.15) is 4.88 Å². The summed E-state index contributed by atoms with van der Waals surface area (Å²) in [5, 5.41) is 6.36. The third-order valence-electron chi connectivity index (χ3n) is 2.18. The van der Waals surface area contributed by atoms with Gasteiger partial charge in [-0.05, 0) is 29.2 Å². The summed E-state index contributed by atoms with van der Waals surface area (Å²) in [7, 11) is 0. The van der Waals surface area contributed by atoms with Gasteiger partial charge in [-0.3, -0.25) is 4.79 Å². The van der Waals surface area contributed by atoms with Gasteiger partial charge in [0, 0.05) is 12.1 Å². The standard InChI is InChI=1S/C11H10N4OS2/c12-10(17)5-7-1-3-8(4-2-7)14-11(16)9-6-13-15-18-9/h1-4,6H,5H2,(H2,12,17)(H,14,16). The Balaban J connectivity index is 2.02. The van der Waals surface area contributed by atoms with Gasteiger partial charge >= 0.3 is 0 Å². The Morgan fingerprint density at radius 3 is 2.67 bits per heavy atom. The molecule has 7 heteroatoms. The Hall–Kier alpha value is -1.86. The summed E-state index contributed by atoms with van der Waals surface area (Å²) in [6.45, 7) is 0. The lowest BCUT2D eigenvalue weighted by atomic mass is 10.1. The average Bonchev–Trinajstić information content (AvgIpc) is 2.84. The van der Waals surface area contributed by atoms with E-state index in [1.165, 1.54) is 6.20 Å². The lowest BCUT2D eigenvalue weighted by Gasteiger charge is -2.04. The highest BCUT2D eigenvalue weighted by atomic mass is 32.1. The average molecular weight is 278 g/mol. The smallest absolute Gasteiger partial charge is 0.269 e. The second kappa shape index (κ2) is 5.65. The number of thiocarbonyl (C=S) groups is 1. The summed E-state index contributed by atoms with van der Waals surface area (Å²) in [4.78, 5) is 12.6. The molecule has 3 N–H and O–H groups in total. The maximum Gasteiger partial charge on any atom is 0.269 e. The van der Waals surface area contributed by atoms with E-state index in [9.17, 15) is 4.79 Å². The molecule has 0 unspecified atom stereocenters. The van der Waals surface area contributed by atoms with E-state index in [0.29, 0.717) is 22.0 Å². The summed E-state index contributed by atoms with van der Waals surface area (Å²) in [6.07, 6.45) is 1.99. The maximum absolute atomic E-state index is 11.7. The molecule has 1 aromatic heterocycles. The zero-order valence-electron chi connectivity index (χ0n) is 9.29. The number of amides is 1. The molecule has 0 aliphatic carbocycles. The van der Waals surface area contributed by atoms with Crippen LogP contribution in [0.25, 0.3) is 0 Å². The number of benzene rings is 1. The number of hydrogen-bond acceptors (Lipinski definition) is 5. The minimum absolute atomic E-state index is 0.216. The Morgan fingerprint density at radius 2 is 2.11 bits per heavy atom. The number of anilines is 1. The number of hydrogen-bond donors (Lipinski definition) is 2. The van der Waals surface area contributed by atoms with E-state index in [-0.39, 0.29) is 5.91 Å². The fourth-order valence-electron chi connectivity index (χ4n) is 1.37. The highest BCUT2D eigenvalue weighted by Gasteiger charge is 2.08. The van der Waals surface area contributed by atoms with Crippen molar-refractivity contribution in [1.29, 1.82) is 0 Å². The molecule has 0 aliphatic rings. The fourth-order valence-corrected chi connectivity index (χ4v) is 1.94. The van der Waals surface area contributed by atoms with Crippen LogP contribution >= 0.6 is 23.8 Å². The predicted molar refractivity (Wildman–Crippen MR) is 74.8 cm³/mol. The van der Waals surface area contributed by atoms with Gasteiger partial charge in [0.15, 0.2) is 0 Å². The van der Waals surface area contributed by atoms with Crippen LogP contribution in [0.3, 0.4) is 0 Å². The van der Waals surface area contributed by atoms with Crippen molar-refractivity contribution in [3.8, 4) is 0 Å². The molecule has 0 aliphatic heterocycles. The molecule has 2 rings (SSSR count). The van der Waals surface area contributed by atoms with Crippen molar-refractivity contribution in [3.63, 3.8) is 0 Å². The van der Waals surface area contributed by atoms with Crippen LogP contribution in [0.5, 0.6) is 0 Å². The Bertz CT molecular complexity index is 551. The van der Waals surface area contributed by atoms with Gasteiger partial charge in [0.25, 0.3) is 5.91 Å². The molecule has 0 bridgehead atoms. The van der Waals surface area contributed by atoms with Crippen molar-refractivity contribution < 1.29 is 4.79 Å². The monoisotopic (exact) mass is 278 g/mol. The van der Waals surface area contributed by atoms with E-state index < -0.39 is 0 Å². The van der Waals surface area contributed by atoms with Crippen molar-refractivity contribution in [2.75, 3.05) is 5.32 Å². The molecule has 2 aromatic rings. The van der Waals surface area contributed by atoms with Crippen LogP contribution in [-0.2, 0) is 6.42 Å². The summed E-state index contributed by atoms with van der Waals surface area (Å²) >= 11 is 5.88. The van der Waals surface area contributed by atoms with Crippen LogP contribution in [0.15, 0.2) is 30.5 Å². The van der Waals surface area contributed by atoms with E-state index >= 15 is 0 Å². The van der Waals surface area contributed by atoms with Crippen molar-refractivity contribution in [2.45, 2.75) is 6.42 Å². The number of carbonyl (C=O) groups excluding carboxylic acids is 1. The number of nitrogens with two attached hydrogens (primary N) is 1. The first kappa shape index (κ1) is 12.6. The predicted octanol–water partition coefficient (Wildman–Crippen LogP) is 1.62. The van der Waals surface area contributed by atoms with Gasteiger partial charge in [-0.1, -0.05) is 28.8 Å². The largest absolute Gasteiger partial charge is 0.393 e. The van der Waals surface area contributed by atoms with Gasteiger partial charge < -0.3 is 11.1 Å². The third-order valence-corrected chi connectivity index (χ3v) is 2.98. The molecule has 0 fully saturated rings. The molecule has 0 atom stereocenters. The topological polar surface area (TPSA) is 80.9 Å². The summed E-state index contributed by atoms with van der Waals surface area (Å²) in [5.41, 5.74) is 7.18. The van der Waals surface area contributed by atoms with E-state index in [1.54, 1.807) is 12.1 Å². The van der Waals surface area contributed by atoms with Crippen LogP contribution in [0.4, 0.5) is 5.69 Å². The molecule has 1 heterocycles. The van der Waals surface area contributed by atoms with Crippen molar-refractivity contribution in [2.24, 2.45) is 5.73 Å². The zero-order chi connectivity index (χ0) is 13.0. The number of nitrogens with zero attached hydrogens (tertiary/aromatic N) is 2. The summed E-state index contributed by atoms with van der Waals surface area (Å²) in [5.74, 6) is -0.216. The van der Waals surface area contributed by atoms with E-state index in [4.69, 9.17) is 18.0 Å². The lowest BCUT2D eigenvalue weighted by Crippen LogP contribution is -2.12. The first-order chi connectivity index (χ1) is 8.65. The molecule has 0 saturated heterocycles. The van der Waals surface area contributed by atoms with Crippen LogP contribution in [0.1, 0.15) is 15.2 Å². The fraction of sp³-hybridized carbons (Fsp3) is 0.0909. The molecular formula is C11H10N4OS2. The lowest BCUT2D eigenvalue weighted by molar-refractivity contribution is 0.103. The maximum atomic E-state index is 11.7. The van der Waals surface area contributed by atoms with E-state index in [1.807, 2.05) is 12.1 Å². The van der Waals surface area contributed by atoms with E-state index in [0.717, 1.165) is 17.1 Å². The number of carbonyl (C=O) groups is 1. The number of rotatable bonds is 4. The van der Waals surface area contributed by atoms with Crippen molar-refractivity contribution in [3.05, 3.63) is 40.9 Å². The molecule has 1 aromatic carbocycles. The second-order valence-electron chi connectivity index (χ2n) is 3.58. The second-order valence-corrected chi connectivity index (χ2v) is 4.89. The van der Waals surface area contributed by atoms with Gasteiger partial charge in [0.05, 0.1) is 11.2 Å². The molecule has 1 amide bonds. The number of nitrogens with one attached hydrogen (secondary N) is 1. The van der Waals surface area contributed by atoms with Crippen molar-refractivity contribution in [1.82, 2.24) is 9.59 Å². The molecule has 0 radical (unpaired) electrons. The van der Waals surface area contributed by atoms with Crippen LogP contribution in [-0.4, -0.2) is 20.5 Å². The normalized spacial score (nSPS) is 10.0. The molecular weight excluding hydrogens is 268 g/mol. The van der Waals surface area contributed by atoms with Crippen LogP contribution in [0.2, 0.25) is 0 Å². The quantitative estimate of drug-likeness (QED) is 0.831. The zero-order valence-corrected chi connectivity index (χ0v) is 10.9. The van der Waals surface area contributed by atoms with Gasteiger partial charge in [-0.25, -0.2) is 0 Å². The van der Waals surface area contributed by atoms with Gasteiger partial charge in [-0.15, -0.1) is 5.10 Å². The molecule has 0 spiro atoms. The van der Waals surface area contributed by atoms with Crippen LogP contribution < -0.4 is 11.1 Å². The summed E-state index contributed by atoms with van der Waals surface area (Å²) < 4.78 is 3.63.